The highest BCUT2D eigenvalue weighted by Crippen LogP contribution is 2.27. The summed E-state index contributed by atoms with van der Waals surface area (Å²) in [7, 11) is 1.62. The van der Waals surface area contributed by atoms with Gasteiger partial charge in [-0.2, -0.15) is 0 Å². The maximum atomic E-state index is 12.1. The Kier molecular flexibility index (Phi) is 4.95. The minimum Gasteiger partial charge on any atom is -0.497 e. The van der Waals surface area contributed by atoms with Gasteiger partial charge in [-0.25, -0.2) is 4.79 Å². The largest absolute Gasteiger partial charge is 0.497 e. The number of nitrogens with one attached hydrogen (secondary N) is 2. The number of rotatable bonds is 4. The molecule has 2 aromatic carbocycles. The third-order valence-corrected chi connectivity index (χ3v) is 4.63. The lowest BCUT2D eigenvalue weighted by atomic mass is 10.1. The highest BCUT2D eigenvalue weighted by Gasteiger charge is 2.10. The summed E-state index contributed by atoms with van der Waals surface area (Å²) in [4.78, 5) is 12.1. The molecule has 2 N–H and O–H groups in total. The molecule has 0 aliphatic rings. The van der Waals surface area contributed by atoms with E-state index >= 15 is 0 Å². The Bertz CT molecular complexity index is 890. The highest BCUT2D eigenvalue weighted by atomic mass is 32.1. The normalized spacial score (nSPS) is 10.4. The van der Waals surface area contributed by atoms with Gasteiger partial charge >= 0.3 is 6.03 Å². The van der Waals surface area contributed by atoms with Gasteiger partial charge in [0.05, 0.1) is 7.11 Å². The van der Waals surface area contributed by atoms with Gasteiger partial charge in [0.25, 0.3) is 0 Å². The number of ether oxygens (including phenoxy) is 1. The van der Waals surface area contributed by atoms with Crippen molar-refractivity contribution in [3.63, 3.8) is 0 Å². The van der Waals surface area contributed by atoms with E-state index in [1.54, 1.807) is 7.11 Å². The van der Waals surface area contributed by atoms with Gasteiger partial charge in [0.1, 0.15) is 10.8 Å². The first-order chi connectivity index (χ1) is 12.0. The van der Waals surface area contributed by atoms with Crippen molar-refractivity contribution in [3.8, 4) is 16.3 Å². The standard InChI is InChI=1S/C18H18N4O2S/c1-11-4-7-14(10-12(11)2)19-17(23)20-18-22-21-16(25-18)13-5-8-15(24-3)9-6-13/h4-10H,1-3H3,(H2,19,20,22,23). The molecular weight excluding hydrogens is 336 g/mol. The smallest absolute Gasteiger partial charge is 0.325 e. The summed E-state index contributed by atoms with van der Waals surface area (Å²) < 4.78 is 5.14. The molecular formula is C18H18N4O2S. The third kappa shape index (κ3) is 4.13. The molecule has 128 valence electrons. The van der Waals surface area contributed by atoms with Crippen molar-refractivity contribution in [3.05, 3.63) is 53.6 Å². The number of aryl methyl sites for hydroxylation is 2. The molecule has 0 saturated heterocycles. The fraction of sp³-hybridized carbons (Fsp3) is 0.167. The molecule has 0 fully saturated rings. The monoisotopic (exact) mass is 354 g/mol. The Morgan fingerprint density at radius 2 is 1.76 bits per heavy atom. The van der Waals surface area contributed by atoms with Gasteiger partial charge in [0.15, 0.2) is 0 Å². The van der Waals surface area contributed by atoms with Crippen LogP contribution in [0, 0.1) is 13.8 Å². The van der Waals surface area contributed by atoms with E-state index in [1.807, 2.05) is 56.3 Å². The zero-order chi connectivity index (χ0) is 17.8. The van der Waals surface area contributed by atoms with Gasteiger partial charge in [-0.15, -0.1) is 10.2 Å². The number of benzene rings is 2. The first-order valence-corrected chi connectivity index (χ1v) is 8.50. The molecule has 0 radical (unpaired) electrons. The van der Waals surface area contributed by atoms with Crippen LogP contribution in [-0.2, 0) is 0 Å². The zero-order valence-corrected chi connectivity index (χ0v) is 15.0. The Morgan fingerprint density at radius 1 is 1.00 bits per heavy atom. The van der Waals surface area contributed by atoms with E-state index in [0.29, 0.717) is 5.13 Å². The Morgan fingerprint density at radius 3 is 2.44 bits per heavy atom. The first kappa shape index (κ1) is 16.9. The van der Waals surface area contributed by atoms with Crippen molar-refractivity contribution in [2.45, 2.75) is 13.8 Å². The fourth-order valence-electron chi connectivity index (χ4n) is 2.20. The summed E-state index contributed by atoms with van der Waals surface area (Å²) in [5.41, 5.74) is 3.95. The third-order valence-electron chi connectivity index (χ3n) is 3.75. The number of anilines is 2. The van der Waals surface area contributed by atoms with Gasteiger partial charge < -0.3 is 10.1 Å². The molecule has 0 aliphatic heterocycles. The van der Waals surface area contributed by atoms with Crippen LogP contribution in [0.4, 0.5) is 15.6 Å². The fourth-order valence-corrected chi connectivity index (χ4v) is 2.95. The number of hydrogen-bond donors (Lipinski definition) is 2. The highest BCUT2D eigenvalue weighted by molar-refractivity contribution is 7.18. The molecule has 0 atom stereocenters. The Balaban J connectivity index is 1.65. The number of nitrogens with zero attached hydrogens (tertiary/aromatic N) is 2. The van der Waals surface area contributed by atoms with Crippen LogP contribution in [-0.4, -0.2) is 23.3 Å². The lowest BCUT2D eigenvalue weighted by Gasteiger charge is -2.07. The van der Waals surface area contributed by atoms with Crippen LogP contribution in [0.5, 0.6) is 5.75 Å². The predicted octanol–water partition coefficient (Wildman–Crippen LogP) is 4.47. The average Bonchev–Trinajstić information content (AvgIpc) is 3.06. The molecule has 2 amide bonds. The van der Waals surface area contributed by atoms with Crippen LogP contribution in [0.25, 0.3) is 10.6 Å². The summed E-state index contributed by atoms with van der Waals surface area (Å²) in [6, 6.07) is 12.9. The van der Waals surface area contributed by atoms with Crippen molar-refractivity contribution < 1.29 is 9.53 Å². The maximum Gasteiger partial charge on any atom is 0.325 e. The number of aromatic nitrogens is 2. The molecule has 3 rings (SSSR count). The summed E-state index contributed by atoms with van der Waals surface area (Å²) >= 11 is 1.31. The van der Waals surface area contributed by atoms with Crippen LogP contribution in [0.2, 0.25) is 0 Å². The van der Waals surface area contributed by atoms with E-state index in [1.165, 1.54) is 16.9 Å². The van der Waals surface area contributed by atoms with E-state index in [-0.39, 0.29) is 6.03 Å². The summed E-state index contributed by atoms with van der Waals surface area (Å²) in [5.74, 6) is 0.777. The molecule has 0 saturated carbocycles. The van der Waals surface area contributed by atoms with Crippen LogP contribution < -0.4 is 15.4 Å². The van der Waals surface area contributed by atoms with Crippen LogP contribution in [0.1, 0.15) is 11.1 Å². The van der Waals surface area contributed by atoms with Crippen LogP contribution >= 0.6 is 11.3 Å². The van der Waals surface area contributed by atoms with E-state index in [2.05, 4.69) is 20.8 Å². The van der Waals surface area contributed by atoms with Crippen LogP contribution in [0.15, 0.2) is 42.5 Å². The molecule has 7 heteroatoms. The molecule has 0 bridgehead atoms. The summed E-state index contributed by atoms with van der Waals surface area (Å²) in [6.07, 6.45) is 0. The zero-order valence-electron chi connectivity index (χ0n) is 14.2. The van der Waals surface area contributed by atoms with Gasteiger partial charge in [-0.1, -0.05) is 17.4 Å². The van der Waals surface area contributed by atoms with E-state index < -0.39 is 0 Å². The molecule has 1 heterocycles. The SMILES string of the molecule is COc1ccc(-c2nnc(NC(=O)Nc3ccc(C)c(C)c3)s2)cc1. The van der Waals surface area contributed by atoms with Gasteiger partial charge in [-0.05, 0) is 61.4 Å². The number of hydrogen-bond acceptors (Lipinski definition) is 5. The summed E-state index contributed by atoms with van der Waals surface area (Å²) in [5, 5.41) is 14.8. The van der Waals surface area contributed by atoms with Crippen LogP contribution in [0.3, 0.4) is 0 Å². The maximum absolute atomic E-state index is 12.1. The Hall–Kier alpha value is -2.93. The van der Waals surface area contributed by atoms with Crippen molar-refractivity contribution in [1.29, 1.82) is 0 Å². The first-order valence-electron chi connectivity index (χ1n) is 7.68. The number of amides is 2. The van der Waals surface area contributed by atoms with E-state index in [0.717, 1.165) is 27.6 Å². The molecule has 6 nitrogen and oxygen atoms in total. The van der Waals surface area contributed by atoms with Crippen molar-refractivity contribution in [2.75, 3.05) is 17.7 Å². The number of urea groups is 1. The lowest BCUT2D eigenvalue weighted by molar-refractivity contribution is 0.262. The lowest BCUT2D eigenvalue weighted by Crippen LogP contribution is -2.19. The second-order valence-electron chi connectivity index (χ2n) is 5.52. The quantitative estimate of drug-likeness (QED) is 0.724. The van der Waals surface area contributed by atoms with E-state index in [9.17, 15) is 4.79 Å². The minimum absolute atomic E-state index is 0.347. The van der Waals surface area contributed by atoms with Gasteiger partial charge in [0, 0.05) is 11.3 Å². The number of methoxy groups -OCH3 is 1. The van der Waals surface area contributed by atoms with Gasteiger partial charge in [0.2, 0.25) is 5.13 Å². The molecule has 0 spiro atoms. The Labute approximate surface area is 149 Å². The minimum atomic E-state index is -0.347. The molecule has 25 heavy (non-hydrogen) atoms. The average molecular weight is 354 g/mol. The van der Waals surface area contributed by atoms with Crippen molar-refractivity contribution >= 4 is 28.2 Å². The predicted molar refractivity (Wildman–Crippen MR) is 100 cm³/mol. The van der Waals surface area contributed by atoms with E-state index in [4.69, 9.17) is 4.74 Å². The molecule has 0 aliphatic carbocycles. The second-order valence-corrected chi connectivity index (χ2v) is 6.50. The number of carbonyl (C=O) groups excluding carboxylic acids is 1. The van der Waals surface area contributed by atoms with Gasteiger partial charge in [-0.3, -0.25) is 5.32 Å². The number of carbonyl (C=O) groups is 1. The topological polar surface area (TPSA) is 76.1 Å². The molecule has 1 aromatic heterocycles. The van der Waals surface area contributed by atoms with Crippen molar-refractivity contribution in [2.24, 2.45) is 0 Å². The second kappa shape index (κ2) is 7.31. The van der Waals surface area contributed by atoms with Crippen molar-refractivity contribution in [1.82, 2.24) is 10.2 Å². The molecule has 0 unspecified atom stereocenters. The molecule has 3 aromatic rings. The summed E-state index contributed by atoms with van der Waals surface area (Å²) in [6.45, 7) is 4.03.